The Bertz CT molecular complexity index is 317. The van der Waals surface area contributed by atoms with E-state index in [0.29, 0.717) is 0 Å². The van der Waals surface area contributed by atoms with Crippen molar-refractivity contribution >= 4 is 17.4 Å². The van der Waals surface area contributed by atoms with Crippen LogP contribution in [0.2, 0.25) is 0 Å². The number of allylic oxidation sites excluding steroid dienone is 1. The van der Waals surface area contributed by atoms with E-state index in [1.165, 1.54) is 5.69 Å². The average Bonchev–Trinajstić information content (AvgIpc) is 2.34. The first-order valence-electron chi connectivity index (χ1n) is 3.49. The molecule has 1 aromatic rings. The molecule has 0 fully saturated rings. The minimum absolute atomic E-state index is 1.05. The molecule has 0 unspecified atom stereocenters. The maximum absolute atomic E-state index is 4.12. The van der Waals surface area contributed by atoms with Crippen molar-refractivity contribution in [1.82, 2.24) is 4.57 Å². The van der Waals surface area contributed by atoms with E-state index in [1.807, 2.05) is 27.1 Å². The lowest BCUT2D eigenvalue weighted by Gasteiger charge is -1.93. The molecule has 0 aliphatic carbocycles. The lowest BCUT2D eigenvalue weighted by Crippen LogP contribution is -2.10. The first-order valence-corrected chi connectivity index (χ1v) is 4.37. The van der Waals surface area contributed by atoms with E-state index in [1.54, 1.807) is 11.3 Å². The molecule has 0 aliphatic rings. The largest absolute Gasteiger partial charge is 0.320 e. The van der Waals surface area contributed by atoms with Crippen molar-refractivity contribution in [3.63, 3.8) is 0 Å². The van der Waals surface area contributed by atoms with Crippen molar-refractivity contribution in [2.75, 3.05) is 7.05 Å². The zero-order chi connectivity index (χ0) is 8.27. The van der Waals surface area contributed by atoms with Gasteiger partial charge in [0.25, 0.3) is 0 Å². The fourth-order valence-electron chi connectivity index (χ4n) is 0.906. The predicted octanol–water partition coefficient (Wildman–Crippen LogP) is 1.65. The van der Waals surface area contributed by atoms with Crippen LogP contribution in [-0.4, -0.2) is 11.6 Å². The van der Waals surface area contributed by atoms with E-state index < -0.39 is 0 Å². The molecule has 11 heavy (non-hydrogen) atoms. The molecule has 0 aliphatic heterocycles. The van der Waals surface area contributed by atoms with Gasteiger partial charge in [-0.25, -0.2) is 0 Å². The zero-order valence-corrected chi connectivity index (χ0v) is 7.85. The summed E-state index contributed by atoms with van der Waals surface area (Å²) in [6, 6.07) is 0. The van der Waals surface area contributed by atoms with Gasteiger partial charge >= 0.3 is 0 Å². The van der Waals surface area contributed by atoms with Crippen LogP contribution in [0.15, 0.2) is 16.4 Å². The standard InChI is InChI=1S/C8H12N2S/c1-4-5-7-6-11-8(9-2)10(7)3/h4-6H,1-3H3/b5-4-,9-8+. The van der Waals surface area contributed by atoms with E-state index in [-0.39, 0.29) is 0 Å². The monoisotopic (exact) mass is 168 g/mol. The molecule has 0 saturated carbocycles. The van der Waals surface area contributed by atoms with Crippen LogP contribution in [0.25, 0.3) is 6.08 Å². The van der Waals surface area contributed by atoms with Crippen LogP contribution in [0, 0.1) is 0 Å². The number of thiazole rings is 1. The number of hydrogen-bond donors (Lipinski definition) is 0. The van der Waals surface area contributed by atoms with Gasteiger partial charge in [0, 0.05) is 19.5 Å². The summed E-state index contributed by atoms with van der Waals surface area (Å²) < 4.78 is 2.07. The third kappa shape index (κ3) is 1.60. The lowest BCUT2D eigenvalue weighted by molar-refractivity contribution is 0.856. The minimum atomic E-state index is 1.05. The molecule has 1 heterocycles. The molecule has 3 heteroatoms. The SMILES string of the molecule is C/C=C\c1cs/c(=N/C)n1C. The highest BCUT2D eigenvalue weighted by Gasteiger charge is 1.94. The molecule has 0 radical (unpaired) electrons. The first kappa shape index (κ1) is 8.27. The van der Waals surface area contributed by atoms with Gasteiger partial charge in [-0.15, -0.1) is 11.3 Å². The van der Waals surface area contributed by atoms with Crippen molar-refractivity contribution in [3.05, 3.63) is 22.0 Å². The van der Waals surface area contributed by atoms with Gasteiger partial charge in [-0.05, 0) is 13.0 Å². The molecular formula is C8H12N2S. The van der Waals surface area contributed by atoms with Crippen LogP contribution in [0.5, 0.6) is 0 Å². The third-order valence-electron chi connectivity index (χ3n) is 1.49. The van der Waals surface area contributed by atoms with E-state index in [9.17, 15) is 0 Å². The Kier molecular flexibility index (Phi) is 2.65. The molecule has 1 rings (SSSR count). The molecule has 0 aromatic carbocycles. The van der Waals surface area contributed by atoms with Crippen LogP contribution in [0.1, 0.15) is 12.6 Å². The Morgan fingerprint density at radius 3 is 2.82 bits per heavy atom. The van der Waals surface area contributed by atoms with Crippen molar-refractivity contribution in [1.29, 1.82) is 0 Å². The number of rotatable bonds is 1. The second kappa shape index (κ2) is 3.53. The van der Waals surface area contributed by atoms with Crippen LogP contribution >= 0.6 is 11.3 Å². The van der Waals surface area contributed by atoms with Crippen LogP contribution in [-0.2, 0) is 7.05 Å². The van der Waals surface area contributed by atoms with Crippen molar-refractivity contribution < 1.29 is 0 Å². The van der Waals surface area contributed by atoms with Gasteiger partial charge in [0.2, 0.25) is 0 Å². The van der Waals surface area contributed by atoms with E-state index in [2.05, 4.69) is 21.0 Å². The van der Waals surface area contributed by atoms with Crippen LogP contribution in [0.4, 0.5) is 0 Å². The Morgan fingerprint density at radius 1 is 1.64 bits per heavy atom. The van der Waals surface area contributed by atoms with Crippen molar-refractivity contribution in [3.8, 4) is 0 Å². The number of aromatic nitrogens is 1. The number of hydrogen-bond acceptors (Lipinski definition) is 2. The second-order valence-electron chi connectivity index (χ2n) is 2.23. The van der Waals surface area contributed by atoms with Crippen LogP contribution < -0.4 is 4.80 Å². The summed E-state index contributed by atoms with van der Waals surface area (Å²) in [6.45, 7) is 2.01. The fourth-order valence-corrected chi connectivity index (χ4v) is 1.74. The van der Waals surface area contributed by atoms with Crippen LogP contribution in [0.3, 0.4) is 0 Å². The Balaban J connectivity index is 3.22. The highest BCUT2D eigenvalue weighted by Crippen LogP contribution is 2.01. The highest BCUT2D eigenvalue weighted by atomic mass is 32.1. The fraction of sp³-hybridized carbons (Fsp3) is 0.375. The summed E-state index contributed by atoms with van der Waals surface area (Å²) in [5.74, 6) is 0. The third-order valence-corrected chi connectivity index (χ3v) is 2.51. The summed E-state index contributed by atoms with van der Waals surface area (Å²) in [5.41, 5.74) is 1.21. The molecule has 0 amide bonds. The first-order chi connectivity index (χ1) is 5.29. The maximum Gasteiger partial charge on any atom is 0.184 e. The minimum Gasteiger partial charge on any atom is -0.320 e. The van der Waals surface area contributed by atoms with Crippen molar-refractivity contribution in [2.45, 2.75) is 6.92 Å². The van der Waals surface area contributed by atoms with Gasteiger partial charge in [-0.2, -0.15) is 0 Å². The zero-order valence-electron chi connectivity index (χ0n) is 7.03. The summed E-state index contributed by atoms with van der Waals surface area (Å²) in [6.07, 6.45) is 4.10. The maximum atomic E-state index is 4.12. The quantitative estimate of drug-likeness (QED) is 0.606. The van der Waals surface area contributed by atoms with Gasteiger partial charge in [-0.1, -0.05) is 6.08 Å². The topological polar surface area (TPSA) is 17.3 Å². The summed E-state index contributed by atoms with van der Waals surface area (Å²) >= 11 is 1.66. The van der Waals surface area contributed by atoms with Crippen molar-refractivity contribution in [2.24, 2.45) is 12.0 Å². The molecular weight excluding hydrogens is 156 g/mol. The number of nitrogens with zero attached hydrogens (tertiary/aromatic N) is 2. The Labute approximate surface area is 70.5 Å². The molecule has 2 nitrogen and oxygen atoms in total. The van der Waals surface area contributed by atoms with Gasteiger partial charge in [0.1, 0.15) is 0 Å². The molecule has 1 aromatic heterocycles. The van der Waals surface area contributed by atoms with Gasteiger partial charge in [-0.3, -0.25) is 4.99 Å². The molecule has 0 atom stereocenters. The predicted molar refractivity (Wildman–Crippen MR) is 49.5 cm³/mol. The lowest BCUT2D eigenvalue weighted by atomic mass is 10.4. The molecule has 0 N–H and O–H groups in total. The highest BCUT2D eigenvalue weighted by molar-refractivity contribution is 7.07. The Morgan fingerprint density at radius 2 is 2.36 bits per heavy atom. The second-order valence-corrected chi connectivity index (χ2v) is 3.06. The molecule has 0 bridgehead atoms. The molecule has 0 saturated heterocycles. The molecule has 0 spiro atoms. The van der Waals surface area contributed by atoms with Gasteiger partial charge in [0.05, 0.1) is 5.69 Å². The summed E-state index contributed by atoms with van der Waals surface area (Å²) in [4.78, 5) is 5.17. The van der Waals surface area contributed by atoms with E-state index >= 15 is 0 Å². The summed E-state index contributed by atoms with van der Waals surface area (Å²) in [7, 11) is 3.83. The smallest absolute Gasteiger partial charge is 0.184 e. The normalized spacial score (nSPS) is 13.2. The Hall–Kier alpha value is -0.830. The van der Waals surface area contributed by atoms with E-state index in [0.717, 1.165) is 4.80 Å². The van der Waals surface area contributed by atoms with Gasteiger partial charge < -0.3 is 4.57 Å². The summed E-state index contributed by atoms with van der Waals surface area (Å²) in [5, 5.41) is 2.10. The van der Waals surface area contributed by atoms with Gasteiger partial charge in [0.15, 0.2) is 4.80 Å². The molecule has 60 valence electrons. The average molecular weight is 168 g/mol. The van der Waals surface area contributed by atoms with E-state index in [4.69, 9.17) is 0 Å².